The zero-order chi connectivity index (χ0) is 24.7. The number of hydrogen-bond acceptors (Lipinski definition) is 8. The fourth-order valence-electron chi connectivity index (χ4n) is 3.21. The molecule has 0 radical (unpaired) electrons. The van der Waals surface area contributed by atoms with Crippen LogP contribution in [0.25, 0.3) is 0 Å². The minimum absolute atomic E-state index is 0.302. The van der Waals surface area contributed by atoms with Crippen LogP contribution >= 0.6 is 11.8 Å². The van der Waals surface area contributed by atoms with Gasteiger partial charge in [-0.05, 0) is 56.7 Å². The highest BCUT2D eigenvalue weighted by Crippen LogP contribution is 2.38. The first-order valence-electron chi connectivity index (χ1n) is 10.5. The zero-order valence-electron chi connectivity index (χ0n) is 20.1. The molecule has 1 aromatic heterocycles. The Morgan fingerprint density at radius 3 is 2.03 bits per heavy atom. The molecule has 1 heterocycles. The van der Waals surface area contributed by atoms with E-state index in [0.29, 0.717) is 34.3 Å². The van der Waals surface area contributed by atoms with Crippen molar-refractivity contribution in [2.24, 2.45) is 5.10 Å². The highest BCUT2D eigenvalue weighted by Gasteiger charge is 2.15. The van der Waals surface area contributed by atoms with Crippen molar-refractivity contribution in [2.45, 2.75) is 31.7 Å². The smallest absolute Gasteiger partial charge is 0.271 e. The number of methoxy groups -OCH3 is 3. The number of hydrazone groups is 1. The van der Waals surface area contributed by atoms with Crippen LogP contribution < -0.4 is 19.6 Å². The Morgan fingerprint density at radius 1 is 0.912 bits per heavy atom. The van der Waals surface area contributed by atoms with Gasteiger partial charge < -0.3 is 14.2 Å². The number of nitrogens with one attached hydrogen (secondary N) is 1. The molecule has 1 N–H and O–H groups in total. The van der Waals surface area contributed by atoms with Gasteiger partial charge in [0.2, 0.25) is 5.75 Å². The molecule has 8 nitrogen and oxygen atoms in total. The summed E-state index contributed by atoms with van der Waals surface area (Å²) < 4.78 is 16.1. The first-order valence-corrected chi connectivity index (χ1v) is 11.5. The summed E-state index contributed by atoms with van der Waals surface area (Å²) in [7, 11) is 4.64. The van der Waals surface area contributed by atoms with E-state index in [-0.39, 0.29) is 5.91 Å². The molecule has 0 bridgehead atoms. The maximum atomic E-state index is 12.6. The molecule has 0 aliphatic rings. The van der Waals surface area contributed by atoms with Gasteiger partial charge in [-0.1, -0.05) is 23.9 Å². The Morgan fingerprint density at radius 2 is 1.50 bits per heavy atom. The summed E-state index contributed by atoms with van der Waals surface area (Å²) in [5, 5.41) is 4.98. The van der Waals surface area contributed by atoms with Crippen LogP contribution in [0.4, 0.5) is 0 Å². The lowest BCUT2D eigenvalue weighted by atomic mass is 10.1. The van der Waals surface area contributed by atoms with E-state index in [2.05, 4.69) is 20.5 Å². The second kappa shape index (κ2) is 11.5. The molecule has 0 atom stereocenters. The van der Waals surface area contributed by atoms with Gasteiger partial charge in [0.25, 0.3) is 5.91 Å². The fourth-order valence-corrected chi connectivity index (χ4v) is 4.12. The molecule has 1 amide bonds. The Hall–Kier alpha value is -3.59. The van der Waals surface area contributed by atoms with E-state index in [9.17, 15) is 4.79 Å². The molecule has 0 fully saturated rings. The van der Waals surface area contributed by atoms with Crippen molar-refractivity contribution in [1.82, 2.24) is 15.4 Å². The van der Waals surface area contributed by atoms with Crippen LogP contribution in [0.5, 0.6) is 17.2 Å². The second-order valence-electron chi connectivity index (χ2n) is 7.47. The Labute approximate surface area is 203 Å². The van der Waals surface area contributed by atoms with Gasteiger partial charge >= 0.3 is 0 Å². The van der Waals surface area contributed by atoms with Gasteiger partial charge in [-0.3, -0.25) is 4.79 Å². The number of aryl methyl sites for hydroxylation is 2. The first kappa shape index (κ1) is 25.0. The number of carbonyl (C=O) groups excluding carboxylic acids is 1. The van der Waals surface area contributed by atoms with Crippen molar-refractivity contribution in [3.05, 3.63) is 70.5 Å². The predicted octanol–water partition coefficient (Wildman–Crippen LogP) is 4.57. The fraction of sp³-hybridized carbons (Fsp3) is 0.280. The molecule has 34 heavy (non-hydrogen) atoms. The van der Waals surface area contributed by atoms with Crippen LogP contribution in [0.1, 0.15) is 39.8 Å². The molecule has 0 unspecified atom stereocenters. The van der Waals surface area contributed by atoms with Gasteiger partial charge in [0.15, 0.2) is 16.7 Å². The number of aromatic nitrogens is 2. The van der Waals surface area contributed by atoms with Crippen molar-refractivity contribution in [3.8, 4) is 17.2 Å². The van der Waals surface area contributed by atoms with Crippen LogP contribution in [0.3, 0.4) is 0 Å². The number of thioether (sulfide) groups is 1. The van der Waals surface area contributed by atoms with Gasteiger partial charge in [-0.25, -0.2) is 15.4 Å². The third-order valence-corrected chi connectivity index (χ3v) is 5.87. The first-order chi connectivity index (χ1) is 16.3. The molecule has 2 aromatic carbocycles. The molecule has 0 saturated heterocycles. The Balaban J connectivity index is 1.65. The average molecular weight is 481 g/mol. The number of amides is 1. The van der Waals surface area contributed by atoms with Crippen molar-refractivity contribution in [2.75, 3.05) is 21.3 Å². The normalized spacial score (nSPS) is 11.2. The van der Waals surface area contributed by atoms with Crippen LogP contribution in [0.2, 0.25) is 0 Å². The van der Waals surface area contributed by atoms with E-state index in [1.165, 1.54) is 0 Å². The maximum Gasteiger partial charge on any atom is 0.271 e. The maximum absolute atomic E-state index is 12.6. The topological polar surface area (TPSA) is 94.9 Å². The Bertz CT molecular complexity index is 1150. The highest BCUT2D eigenvalue weighted by molar-refractivity contribution is 7.98. The van der Waals surface area contributed by atoms with Crippen LogP contribution in [0.15, 0.2) is 52.7 Å². The number of ether oxygens (including phenoxy) is 3. The SMILES string of the molecule is COc1cc(/C(C)=N/NC(=O)c2ccc(CSc3nc(C)cc(C)n3)cc2)cc(OC)c1OC. The zero-order valence-corrected chi connectivity index (χ0v) is 20.9. The summed E-state index contributed by atoms with van der Waals surface area (Å²) in [6.45, 7) is 5.70. The lowest BCUT2D eigenvalue weighted by molar-refractivity contribution is 0.0955. The third-order valence-electron chi connectivity index (χ3n) is 4.95. The van der Waals surface area contributed by atoms with E-state index in [1.54, 1.807) is 64.3 Å². The molecule has 9 heteroatoms. The summed E-state index contributed by atoms with van der Waals surface area (Å²) in [6.07, 6.45) is 0. The largest absolute Gasteiger partial charge is 0.493 e. The van der Waals surface area contributed by atoms with E-state index in [4.69, 9.17) is 14.2 Å². The van der Waals surface area contributed by atoms with E-state index < -0.39 is 0 Å². The van der Waals surface area contributed by atoms with Gasteiger partial charge in [-0.2, -0.15) is 5.10 Å². The van der Waals surface area contributed by atoms with Crippen LogP contribution in [-0.4, -0.2) is 42.9 Å². The quantitative estimate of drug-likeness (QED) is 0.208. The molecule has 3 rings (SSSR count). The summed E-state index contributed by atoms with van der Waals surface area (Å²) in [5.74, 6) is 1.93. The third kappa shape index (κ3) is 6.26. The lowest BCUT2D eigenvalue weighted by Crippen LogP contribution is -2.19. The summed E-state index contributed by atoms with van der Waals surface area (Å²) in [5.41, 5.74) is 7.41. The van der Waals surface area contributed by atoms with Crippen LogP contribution in [-0.2, 0) is 5.75 Å². The van der Waals surface area contributed by atoms with E-state index >= 15 is 0 Å². The number of carbonyl (C=O) groups is 1. The molecular formula is C25H28N4O4S. The summed E-state index contributed by atoms with van der Waals surface area (Å²) in [6, 6.07) is 12.9. The van der Waals surface area contributed by atoms with E-state index in [1.807, 2.05) is 32.0 Å². The predicted molar refractivity (Wildman–Crippen MR) is 133 cm³/mol. The van der Waals surface area contributed by atoms with Gasteiger partial charge in [0, 0.05) is 28.3 Å². The molecule has 0 aliphatic carbocycles. The van der Waals surface area contributed by atoms with Crippen molar-refractivity contribution >= 4 is 23.4 Å². The number of rotatable bonds is 9. The number of hydrogen-bond donors (Lipinski definition) is 1. The molecule has 0 aliphatic heterocycles. The molecule has 0 saturated carbocycles. The second-order valence-corrected chi connectivity index (χ2v) is 8.41. The van der Waals surface area contributed by atoms with E-state index in [0.717, 1.165) is 27.7 Å². The number of benzene rings is 2. The Kier molecular flexibility index (Phi) is 8.48. The molecule has 178 valence electrons. The molecular weight excluding hydrogens is 452 g/mol. The van der Waals surface area contributed by atoms with Crippen molar-refractivity contribution in [3.63, 3.8) is 0 Å². The minimum Gasteiger partial charge on any atom is -0.493 e. The lowest BCUT2D eigenvalue weighted by Gasteiger charge is -2.14. The van der Waals surface area contributed by atoms with Crippen molar-refractivity contribution < 1.29 is 19.0 Å². The standard InChI is InChI=1S/C25H28N4O4S/c1-15-11-16(2)27-25(26-15)34-14-18-7-9-19(10-8-18)24(30)29-28-17(3)20-12-21(31-4)23(33-6)22(13-20)32-5/h7-13H,14H2,1-6H3,(H,29,30)/b28-17+. The summed E-state index contributed by atoms with van der Waals surface area (Å²) >= 11 is 1.56. The van der Waals surface area contributed by atoms with Crippen LogP contribution in [0, 0.1) is 13.8 Å². The molecule has 3 aromatic rings. The molecule has 0 spiro atoms. The minimum atomic E-state index is -0.302. The van der Waals surface area contributed by atoms with Crippen molar-refractivity contribution in [1.29, 1.82) is 0 Å². The van der Waals surface area contributed by atoms with Gasteiger partial charge in [0.05, 0.1) is 27.0 Å². The highest BCUT2D eigenvalue weighted by atomic mass is 32.2. The number of nitrogens with zero attached hydrogens (tertiary/aromatic N) is 3. The summed E-state index contributed by atoms with van der Waals surface area (Å²) in [4.78, 5) is 21.5. The van der Waals surface area contributed by atoms with Gasteiger partial charge in [0.1, 0.15) is 0 Å². The monoisotopic (exact) mass is 480 g/mol. The van der Waals surface area contributed by atoms with Gasteiger partial charge in [-0.15, -0.1) is 0 Å². The average Bonchev–Trinajstić information content (AvgIpc) is 2.84.